The maximum absolute atomic E-state index is 12.8. The lowest BCUT2D eigenvalue weighted by molar-refractivity contribution is 0.407. The normalized spacial score (nSPS) is 21.2. The average molecular weight is 331 g/mol. The Labute approximate surface area is 132 Å². The molecule has 0 amide bonds. The van der Waals surface area contributed by atoms with Crippen LogP contribution in [0.2, 0.25) is 5.02 Å². The summed E-state index contributed by atoms with van der Waals surface area (Å²) in [6.07, 6.45) is 4.00. The van der Waals surface area contributed by atoms with Crippen molar-refractivity contribution in [2.75, 3.05) is 18.8 Å². The number of aryl methyl sites for hydroxylation is 1. The van der Waals surface area contributed by atoms with Crippen LogP contribution in [-0.2, 0) is 10.0 Å². The van der Waals surface area contributed by atoms with Gasteiger partial charge in [-0.05, 0) is 49.8 Å². The van der Waals surface area contributed by atoms with E-state index in [9.17, 15) is 8.42 Å². The van der Waals surface area contributed by atoms with Crippen molar-refractivity contribution in [3.8, 4) is 0 Å². The molecule has 2 N–H and O–H groups in total. The molecule has 0 radical (unpaired) electrons. The molecule has 0 aliphatic carbocycles. The van der Waals surface area contributed by atoms with E-state index >= 15 is 0 Å². The van der Waals surface area contributed by atoms with Gasteiger partial charge in [0.2, 0.25) is 10.0 Å². The fourth-order valence-electron chi connectivity index (χ4n) is 2.79. The standard InChI is InChI=1S/C15H23ClN2O2S/c1-3-12-5-4-7-18(8-6-12)21(19,20)15-10-14(17)11(2)9-13(15)16/h9-10,12H,3-8,17H2,1-2H3. The van der Waals surface area contributed by atoms with Crippen LogP contribution in [0.25, 0.3) is 0 Å². The second-order valence-electron chi connectivity index (χ2n) is 5.75. The molecule has 1 atom stereocenters. The minimum atomic E-state index is -3.57. The first-order valence-corrected chi connectivity index (χ1v) is 9.23. The van der Waals surface area contributed by atoms with Crippen LogP contribution in [0.4, 0.5) is 5.69 Å². The van der Waals surface area contributed by atoms with Gasteiger partial charge in [0.05, 0.1) is 5.02 Å². The summed E-state index contributed by atoms with van der Waals surface area (Å²) < 4.78 is 27.2. The lowest BCUT2D eigenvalue weighted by Crippen LogP contribution is -2.32. The van der Waals surface area contributed by atoms with Gasteiger partial charge < -0.3 is 5.73 Å². The monoisotopic (exact) mass is 330 g/mol. The molecule has 21 heavy (non-hydrogen) atoms. The van der Waals surface area contributed by atoms with Gasteiger partial charge in [-0.1, -0.05) is 24.9 Å². The summed E-state index contributed by atoms with van der Waals surface area (Å²) in [6, 6.07) is 3.10. The van der Waals surface area contributed by atoms with E-state index in [2.05, 4.69) is 6.92 Å². The van der Waals surface area contributed by atoms with Crippen molar-refractivity contribution in [2.45, 2.75) is 44.4 Å². The summed E-state index contributed by atoms with van der Waals surface area (Å²) in [4.78, 5) is 0.127. The van der Waals surface area contributed by atoms with Gasteiger partial charge in [-0.2, -0.15) is 4.31 Å². The molecule has 1 unspecified atom stereocenters. The van der Waals surface area contributed by atoms with Crippen molar-refractivity contribution in [2.24, 2.45) is 5.92 Å². The van der Waals surface area contributed by atoms with E-state index in [4.69, 9.17) is 17.3 Å². The van der Waals surface area contributed by atoms with E-state index in [1.807, 2.05) is 6.92 Å². The van der Waals surface area contributed by atoms with Gasteiger partial charge >= 0.3 is 0 Å². The number of nitrogen functional groups attached to an aromatic ring is 1. The number of anilines is 1. The van der Waals surface area contributed by atoms with Gasteiger partial charge in [0.1, 0.15) is 4.90 Å². The number of hydrogen-bond acceptors (Lipinski definition) is 3. The van der Waals surface area contributed by atoms with Gasteiger partial charge in [-0.15, -0.1) is 0 Å². The summed E-state index contributed by atoms with van der Waals surface area (Å²) in [5.41, 5.74) is 7.10. The molecule has 1 heterocycles. The second kappa shape index (κ2) is 6.55. The fourth-order valence-corrected chi connectivity index (χ4v) is 4.88. The molecule has 1 aliphatic rings. The highest BCUT2D eigenvalue weighted by atomic mass is 35.5. The van der Waals surface area contributed by atoms with Gasteiger partial charge in [0.15, 0.2) is 0 Å². The second-order valence-corrected chi connectivity index (χ2v) is 8.06. The minimum Gasteiger partial charge on any atom is -0.398 e. The lowest BCUT2D eigenvalue weighted by atomic mass is 9.98. The third-order valence-corrected chi connectivity index (χ3v) is 6.69. The van der Waals surface area contributed by atoms with Crippen molar-refractivity contribution >= 4 is 27.3 Å². The van der Waals surface area contributed by atoms with Gasteiger partial charge in [0.25, 0.3) is 0 Å². The maximum Gasteiger partial charge on any atom is 0.244 e. The summed E-state index contributed by atoms with van der Waals surface area (Å²) >= 11 is 6.14. The molecule has 4 nitrogen and oxygen atoms in total. The van der Waals surface area contributed by atoms with E-state index < -0.39 is 10.0 Å². The summed E-state index contributed by atoms with van der Waals surface area (Å²) in [7, 11) is -3.57. The first-order valence-electron chi connectivity index (χ1n) is 7.42. The largest absolute Gasteiger partial charge is 0.398 e. The predicted molar refractivity (Wildman–Crippen MR) is 87.0 cm³/mol. The molecule has 1 aliphatic heterocycles. The highest BCUT2D eigenvalue weighted by Crippen LogP contribution is 2.31. The minimum absolute atomic E-state index is 0.127. The number of benzene rings is 1. The van der Waals surface area contributed by atoms with E-state index in [1.165, 1.54) is 6.07 Å². The predicted octanol–water partition coefficient (Wildman–Crippen LogP) is 3.43. The third-order valence-electron chi connectivity index (χ3n) is 4.32. The number of halogens is 1. The number of hydrogen-bond donors (Lipinski definition) is 1. The quantitative estimate of drug-likeness (QED) is 0.863. The Morgan fingerprint density at radius 1 is 1.33 bits per heavy atom. The Morgan fingerprint density at radius 3 is 2.71 bits per heavy atom. The summed E-state index contributed by atoms with van der Waals surface area (Å²) in [5.74, 6) is 0.615. The molecule has 0 aromatic heterocycles. The van der Waals surface area contributed by atoms with Gasteiger partial charge in [0, 0.05) is 18.8 Å². The Bertz CT molecular complexity index is 616. The van der Waals surface area contributed by atoms with Crippen LogP contribution in [0.3, 0.4) is 0 Å². The zero-order valence-corrected chi connectivity index (χ0v) is 14.2. The maximum atomic E-state index is 12.8. The van der Waals surface area contributed by atoms with Crippen molar-refractivity contribution in [3.05, 3.63) is 22.7 Å². The van der Waals surface area contributed by atoms with Crippen LogP contribution in [-0.4, -0.2) is 25.8 Å². The molecule has 0 bridgehead atoms. The van der Waals surface area contributed by atoms with Crippen LogP contribution < -0.4 is 5.73 Å². The molecule has 6 heteroatoms. The molecule has 118 valence electrons. The van der Waals surface area contributed by atoms with Gasteiger partial charge in [-0.25, -0.2) is 8.42 Å². The fraction of sp³-hybridized carbons (Fsp3) is 0.600. The number of rotatable bonds is 3. The molecule has 1 fully saturated rings. The van der Waals surface area contributed by atoms with Gasteiger partial charge in [-0.3, -0.25) is 0 Å². The molecule has 1 aromatic rings. The van der Waals surface area contributed by atoms with Crippen LogP contribution in [0, 0.1) is 12.8 Å². The summed E-state index contributed by atoms with van der Waals surface area (Å²) in [6.45, 7) is 5.09. The number of sulfonamides is 1. The van der Waals surface area contributed by atoms with Crippen molar-refractivity contribution in [1.82, 2.24) is 4.31 Å². The zero-order chi connectivity index (χ0) is 15.6. The van der Waals surface area contributed by atoms with Crippen molar-refractivity contribution in [3.63, 3.8) is 0 Å². The molecular formula is C15H23ClN2O2S. The van der Waals surface area contributed by atoms with Crippen molar-refractivity contribution < 1.29 is 8.42 Å². The van der Waals surface area contributed by atoms with E-state index in [1.54, 1.807) is 10.4 Å². The zero-order valence-electron chi connectivity index (χ0n) is 12.6. The van der Waals surface area contributed by atoms with Crippen LogP contribution >= 0.6 is 11.6 Å². The SMILES string of the molecule is CCC1CCCN(S(=O)(=O)c2cc(N)c(C)cc2Cl)CC1. The topological polar surface area (TPSA) is 63.4 Å². The number of nitrogens with two attached hydrogens (primary N) is 1. The van der Waals surface area contributed by atoms with E-state index in [0.717, 1.165) is 31.2 Å². The van der Waals surface area contributed by atoms with E-state index in [-0.39, 0.29) is 9.92 Å². The molecule has 1 aromatic carbocycles. The molecule has 0 spiro atoms. The van der Waals surface area contributed by atoms with Crippen molar-refractivity contribution in [1.29, 1.82) is 0 Å². The first-order chi connectivity index (χ1) is 9.86. The highest BCUT2D eigenvalue weighted by Gasteiger charge is 2.29. The Morgan fingerprint density at radius 2 is 2.05 bits per heavy atom. The third kappa shape index (κ3) is 3.52. The number of nitrogens with zero attached hydrogens (tertiary/aromatic N) is 1. The molecule has 1 saturated heterocycles. The molecule has 2 rings (SSSR count). The van der Waals surface area contributed by atoms with Crippen LogP contribution in [0.1, 0.15) is 38.2 Å². The lowest BCUT2D eigenvalue weighted by Gasteiger charge is -2.21. The van der Waals surface area contributed by atoms with E-state index in [0.29, 0.717) is 24.7 Å². The molecular weight excluding hydrogens is 308 g/mol. The first kappa shape index (κ1) is 16.6. The Hall–Kier alpha value is -0.780. The highest BCUT2D eigenvalue weighted by molar-refractivity contribution is 7.89. The molecule has 0 saturated carbocycles. The Balaban J connectivity index is 2.32. The Kier molecular flexibility index (Phi) is 5.17. The smallest absolute Gasteiger partial charge is 0.244 e. The van der Waals surface area contributed by atoms with Crippen LogP contribution in [0.15, 0.2) is 17.0 Å². The average Bonchev–Trinajstić information content (AvgIpc) is 2.68. The summed E-state index contributed by atoms with van der Waals surface area (Å²) in [5, 5.41) is 0.248. The van der Waals surface area contributed by atoms with Crippen LogP contribution in [0.5, 0.6) is 0 Å².